The highest BCUT2D eigenvalue weighted by Crippen LogP contribution is 2.31. The van der Waals surface area contributed by atoms with Crippen LogP contribution in [0.1, 0.15) is 16.8 Å². The van der Waals surface area contributed by atoms with Crippen LogP contribution in [-0.2, 0) is 4.84 Å². The van der Waals surface area contributed by atoms with Crippen molar-refractivity contribution in [3.8, 4) is 22.6 Å². The Hall–Kier alpha value is -3.45. The molecule has 2 aromatic carbocycles. The minimum atomic E-state index is -0.283. The van der Waals surface area contributed by atoms with Crippen molar-refractivity contribution in [2.45, 2.75) is 19.9 Å². The average molecular weight is 421 g/mol. The van der Waals surface area contributed by atoms with Crippen LogP contribution in [0.2, 0.25) is 0 Å². The van der Waals surface area contributed by atoms with Crippen LogP contribution in [0, 0.1) is 19.7 Å². The molecule has 0 amide bonds. The third-order valence-corrected chi connectivity index (χ3v) is 5.01. The number of methoxy groups -OCH3 is 1. The molecule has 160 valence electrons. The quantitative estimate of drug-likeness (QED) is 0.645. The Morgan fingerprint density at radius 3 is 2.71 bits per heavy atom. The van der Waals surface area contributed by atoms with E-state index in [1.54, 1.807) is 19.4 Å². The third-order valence-electron chi connectivity index (χ3n) is 5.01. The molecule has 0 radical (unpaired) electrons. The Morgan fingerprint density at radius 2 is 1.94 bits per heavy atom. The summed E-state index contributed by atoms with van der Waals surface area (Å²) in [6.07, 6.45) is 1.78. The number of halogens is 1. The summed E-state index contributed by atoms with van der Waals surface area (Å²) in [5.74, 6) is 1.68. The van der Waals surface area contributed by atoms with E-state index in [9.17, 15) is 4.39 Å². The summed E-state index contributed by atoms with van der Waals surface area (Å²) in [6.45, 7) is 4.46. The van der Waals surface area contributed by atoms with Crippen LogP contribution in [-0.4, -0.2) is 37.2 Å². The van der Waals surface area contributed by atoms with Crippen molar-refractivity contribution in [1.82, 2.24) is 10.5 Å². The number of hydrogen-bond donors (Lipinski definition) is 1. The zero-order valence-corrected chi connectivity index (χ0v) is 17.7. The number of ether oxygens (including phenoxy) is 2. The number of rotatable bonds is 6. The molecule has 3 aromatic rings. The van der Waals surface area contributed by atoms with Crippen molar-refractivity contribution in [2.75, 3.05) is 20.3 Å². The highest BCUT2D eigenvalue weighted by Gasteiger charge is 2.19. The van der Waals surface area contributed by atoms with Crippen LogP contribution in [0.15, 0.2) is 59.7 Å². The molecule has 1 aromatic heterocycles. The molecule has 1 N–H and O–H groups in total. The van der Waals surface area contributed by atoms with E-state index in [2.05, 4.69) is 10.5 Å². The van der Waals surface area contributed by atoms with Crippen LogP contribution in [0.3, 0.4) is 0 Å². The molecule has 31 heavy (non-hydrogen) atoms. The molecular formula is C24H24FN3O3. The summed E-state index contributed by atoms with van der Waals surface area (Å²) < 4.78 is 24.7. The second-order valence-corrected chi connectivity index (χ2v) is 7.37. The van der Waals surface area contributed by atoms with Crippen molar-refractivity contribution < 1.29 is 18.7 Å². The molecule has 1 aliphatic heterocycles. The van der Waals surface area contributed by atoms with E-state index in [4.69, 9.17) is 19.3 Å². The fourth-order valence-electron chi connectivity index (χ4n) is 3.42. The lowest BCUT2D eigenvalue weighted by Gasteiger charge is -2.23. The minimum Gasteiger partial charge on any atom is -0.496 e. The molecule has 0 spiro atoms. The normalized spacial score (nSPS) is 15.7. The van der Waals surface area contributed by atoms with Gasteiger partial charge in [0.1, 0.15) is 36.6 Å². The molecule has 0 saturated heterocycles. The SMILES string of the molecule is COc1cc(C2=N[C@H](COc3ccc(F)cc3C)CON2)ccc1-c1ccnc(C)c1. The number of hydrogen-bond acceptors (Lipinski definition) is 6. The Labute approximate surface area is 180 Å². The van der Waals surface area contributed by atoms with Crippen LogP contribution < -0.4 is 15.0 Å². The number of benzene rings is 2. The van der Waals surface area contributed by atoms with Gasteiger partial charge in [-0.1, -0.05) is 6.07 Å². The van der Waals surface area contributed by atoms with Gasteiger partial charge in [0.25, 0.3) is 0 Å². The number of amidine groups is 1. The van der Waals surface area contributed by atoms with E-state index in [0.717, 1.165) is 33.7 Å². The van der Waals surface area contributed by atoms with E-state index in [0.29, 0.717) is 24.8 Å². The number of pyridine rings is 1. The summed E-state index contributed by atoms with van der Waals surface area (Å²) >= 11 is 0. The summed E-state index contributed by atoms with van der Waals surface area (Å²) in [5, 5.41) is 0. The molecular weight excluding hydrogens is 397 g/mol. The van der Waals surface area contributed by atoms with Gasteiger partial charge in [0.15, 0.2) is 5.84 Å². The van der Waals surface area contributed by atoms with Gasteiger partial charge in [0.05, 0.1) is 7.11 Å². The Bertz CT molecular complexity index is 1120. The lowest BCUT2D eigenvalue weighted by molar-refractivity contribution is 0.0513. The number of aryl methyl sites for hydroxylation is 2. The van der Waals surface area contributed by atoms with E-state index in [1.807, 2.05) is 44.2 Å². The molecule has 1 atom stereocenters. The van der Waals surface area contributed by atoms with Gasteiger partial charge >= 0.3 is 0 Å². The molecule has 0 bridgehead atoms. The lowest BCUT2D eigenvalue weighted by atomic mass is 10.0. The van der Waals surface area contributed by atoms with Gasteiger partial charge in [-0.15, -0.1) is 0 Å². The molecule has 0 fully saturated rings. The predicted molar refractivity (Wildman–Crippen MR) is 117 cm³/mol. The highest BCUT2D eigenvalue weighted by atomic mass is 19.1. The molecule has 0 saturated carbocycles. The van der Waals surface area contributed by atoms with Crippen molar-refractivity contribution in [3.63, 3.8) is 0 Å². The smallest absolute Gasteiger partial charge is 0.153 e. The maximum Gasteiger partial charge on any atom is 0.153 e. The molecule has 0 unspecified atom stereocenters. The zero-order chi connectivity index (χ0) is 21.8. The van der Waals surface area contributed by atoms with Crippen LogP contribution in [0.5, 0.6) is 11.5 Å². The number of nitrogens with one attached hydrogen (secondary N) is 1. The molecule has 4 rings (SSSR count). The van der Waals surface area contributed by atoms with E-state index >= 15 is 0 Å². The second-order valence-electron chi connectivity index (χ2n) is 7.37. The van der Waals surface area contributed by atoms with Gasteiger partial charge in [0, 0.05) is 23.0 Å². The van der Waals surface area contributed by atoms with Gasteiger partial charge < -0.3 is 9.47 Å². The first kappa shape index (κ1) is 20.8. The van der Waals surface area contributed by atoms with Crippen molar-refractivity contribution in [2.24, 2.45) is 4.99 Å². The lowest BCUT2D eigenvalue weighted by Crippen LogP contribution is -2.38. The van der Waals surface area contributed by atoms with Gasteiger partial charge in [0.2, 0.25) is 0 Å². The topological polar surface area (TPSA) is 65.0 Å². The molecule has 6 nitrogen and oxygen atoms in total. The Balaban J connectivity index is 1.53. The first-order valence-electron chi connectivity index (χ1n) is 9.99. The standard InChI is InChI=1S/C24H24FN3O3/c1-15-10-19(25)5-7-22(15)30-13-20-14-31-28-24(27-20)18-4-6-21(23(12-18)29-3)17-8-9-26-16(2)11-17/h4-12,20H,13-14H2,1-3H3,(H,27,28)/t20-/m1/s1. The maximum absolute atomic E-state index is 13.3. The van der Waals surface area contributed by atoms with Gasteiger partial charge in [-0.05, 0) is 67.4 Å². The number of aliphatic imine (C=N–C) groups is 1. The van der Waals surface area contributed by atoms with E-state index in [-0.39, 0.29) is 11.9 Å². The van der Waals surface area contributed by atoms with Crippen LogP contribution >= 0.6 is 0 Å². The second kappa shape index (κ2) is 9.14. The summed E-state index contributed by atoms with van der Waals surface area (Å²) in [4.78, 5) is 14.5. The Morgan fingerprint density at radius 1 is 1.06 bits per heavy atom. The van der Waals surface area contributed by atoms with Crippen LogP contribution in [0.25, 0.3) is 11.1 Å². The average Bonchev–Trinajstić information content (AvgIpc) is 2.78. The molecule has 7 heteroatoms. The van der Waals surface area contributed by atoms with Crippen molar-refractivity contribution in [1.29, 1.82) is 0 Å². The first-order valence-corrected chi connectivity index (χ1v) is 9.99. The monoisotopic (exact) mass is 421 g/mol. The fraction of sp³-hybridized carbons (Fsp3) is 0.250. The highest BCUT2D eigenvalue weighted by molar-refractivity contribution is 5.99. The maximum atomic E-state index is 13.3. The van der Waals surface area contributed by atoms with E-state index < -0.39 is 0 Å². The molecule has 0 aliphatic carbocycles. The Kier molecular flexibility index (Phi) is 6.13. The zero-order valence-electron chi connectivity index (χ0n) is 17.7. The first-order chi connectivity index (χ1) is 15.0. The molecule has 2 heterocycles. The molecule has 1 aliphatic rings. The largest absolute Gasteiger partial charge is 0.496 e. The van der Waals surface area contributed by atoms with Gasteiger partial charge in [-0.3, -0.25) is 14.8 Å². The van der Waals surface area contributed by atoms with Crippen molar-refractivity contribution in [3.05, 3.63) is 77.4 Å². The predicted octanol–water partition coefficient (Wildman–Crippen LogP) is 4.24. The summed E-state index contributed by atoms with van der Waals surface area (Å²) in [6, 6.07) is 14.1. The number of nitrogens with zero attached hydrogens (tertiary/aromatic N) is 2. The van der Waals surface area contributed by atoms with Gasteiger partial charge in [-0.2, -0.15) is 0 Å². The summed E-state index contributed by atoms with van der Waals surface area (Å²) in [7, 11) is 1.64. The van der Waals surface area contributed by atoms with E-state index in [1.165, 1.54) is 12.1 Å². The number of aromatic nitrogens is 1. The third kappa shape index (κ3) is 4.83. The summed E-state index contributed by atoms with van der Waals surface area (Å²) in [5.41, 5.74) is 7.41. The van der Waals surface area contributed by atoms with Gasteiger partial charge in [-0.25, -0.2) is 9.87 Å². The minimum absolute atomic E-state index is 0.200. The number of hydroxylamine groups is 1. The van der Waals surface area contributed by atoms with Crippen LogP contribution in [0.4, 0.5) is 4.39 Å². The van der Waals surface area contributed by atoms with Crippen molar-refractivity contribution >= 4 is 5.84 Å². The fourth-order valence-corrected chi connectivity index (χ4v) is 3.42.